The van der Waals surface area contributed by atoms with E-state index in [1.807, 2.05) is 12.1 Å². The van der Waals surface area contributed by atoms with Crippen molar-refractivity contribution < 1.29 is 4.39 Å². The van der Waals surface area contributed by atoms with Crippen molar-refractivity contribution >= 4 is 11.3 Å². The van der Waals surface area contributed by atoms with Gasteiger partial charge in [0.05, 0.1) is 0 Å². The van der Waals surface area contributed by atoms with E-state index in [1.165, 1.54) is 28.8 Å². The lowest BCUT2D eigenvalue weighted by Gasteiger charge is -2.18. The van der Waals surface area contributed by atoms with Gasteiger partial charge in [0.1, 0.15) is 5.82 Å². The van der Waals surface area contributed by atoms with Gasteiger partial charge in [-0.2, -0.15) is 0 Å². The number of thiophene rings is 1. The van der Waals surface area contributed by atoms with E-state index in [4.69, 9.17) is 0 Å². The zero-order valence-electron chi connectivity index (χ0n) is 11.0. The van der Waals surface area contributed by atoms with Gasteiger partial charge in [0.15, 0.2) is 0 Å². The molecule has 0 amide bonds. The Kier molecular flexibility index (Phi) is 3.67. The average molecular weight is 275 g/mol. The first-order chi connectivity index (χ1) is 9.24. The van der Waals surface area contributed by atoms with Crippen molar-refractivity contribution in [1.29, 1.82) is 0 Å². The molecule has 0 radical (unpaired) electrons. The summed E-state index contributed by atoms with van der Waals surface area (Å²) >= 11 is 1.80. The summed E-state index contributed by atoms with van der Waals surface area (Å²) in [5.74, 6) is 0.554. The number of halogens is 1. The average Bonchev–Trinajstić information content (AvgIpc) is 3.16. The standard InChI is InChI=1S/C16H18FNS/c1-11-8-9-19-15(11)10-18-16(12-2-3-12)13-4-6-14(17)7-5-13/h4-9,12,16,18H,2-3,10H2,1H3. The number of nitrogens with one attached hydrogen (secondary N) is 1. The van der Waals surface area contributed by atoms with E-state index >= 15 is 0 Å². The quantitative estimate of drug-likeness (QED) is 0.851. The van der Waals surface area contributed by atoms with Gasteiger partial charge in [-0.1, -0.05) is 12.1 Å². The Hall–Kier alpha value is -1.19. The third-order valence-corrected chi connectivity index (χ3v) is 4.80. The Labute approximate surface area is 117 Å². The molecular formula is C16H18FNS. The van der Waals surface area contributed by atoms with Gasteiger partial charge in [-0.25, -0.2) is 4.39 Å². The third-order valence-electron chi connectivity index (χ3n) is 3.77. The maximum Gasteiger partial charge on any atom is 0.123 e. The molecule has 1 aromatic heterocycles. The van der Waals surface area contributed by atoms with E-state index in [-0.39, 0.29) is 5.82 Å². The summed E-state index contributed by atoms with van der Waals surface area (Å²) in [6, 6.07) is 9.46. The number of hydrogen-bond donors (Lipinski definition) is 1. The molecular weight excluding hydrogens is 257 g/mol. The Balaban J connectivity index is 1.71. The van der Waals surface area contributed by atoms with Gasteiger partial charge in [-0.3, -0.25) is 0 Å². The highest BCUT2D eigenvalue weighted by Gasteiger charge is 2.32. The van der Waals surface area contributed by atoms with E-state index in [0.29, 0.717) is 12.0 Å². The van der Waals surface area contributed by atoms with E-state index in [2.05, 4.69) is 23.7 Å². The fourth-order valence-corrected chi connectivity index (χ4v) is 3.30. The summed E-state index contributed by atoms with van der Waals surface area (Å²) in [7, 11) is 0. The lowest BCUT2D eigenvalue weighted by molar-refractivity contribution is 0.481. The summed E-state index contributed by atoms with van der Waals surface area (Å²) in [6.45, 7) is 3.06. The van der Waals surface area contributed by atoms with Crippen LogP contribution in [-0.4, -0.2) is 0 Å². The van der Waals surface area contributed by atoms with Gasteiger partial charge in [0.25, 0.3) is 0 Å². The number of aryl methyl sites for hydroxylation is 1. The Morgan fingerprint density at radius 3 is 2.58 bits per heavy atom. The second-order valence-corrected chi connectivity index (χ2v) is 6.28. The molecule has 3 rings (SSSR count). The van der Waals surface area contributed by atoms with Gasteiger partial charge in [0, 0.05) is 17.5 Å². The lowest BCUT2D eigenvalue weighted by atomic mass is 10.0. The van der Waals surface area contributed by atoms with E-state index in [9.17, 15) is 4.39 Å². The Morgan fingerprint density at radius 1 is 1.26 bits per heavy atom. The fraction of sp³-hybridized carbons (Fsp3) is 0.375. The fourth-order valence-electron chi connectivity index (χ4n) is 2.44. The van der Waals surface area contributed by atoms with E-state index in [1.54, 1.807) is 23.5 Å². The molecule has 0 spiro atoms. The number of benzene rings is 1. The van der Waals surface area contributed by atoms with Crippen LogP contribution in [0.3, 0.4) is 0 Å². The molecule has 1 aromatic carbocycles. The first kappa shape index (κ1) is 12.8. The third kappa shape index (κ3) is 3.04. The van der Waals surface area contributed by atoms with Crippen molar-refractivity contribution in [2.24, 2.45) is 5.92 Å². The second kappa shape index (κ2) is 5.43. The molecule has 1 atom stereocenters. The maximum atomic E-state index is 13.0. The van der Waals surface area contributed by atoms with Crippen molar-refractivity contribution in [2.45, 2.75) is 32.4 Å². The maximum absolute atomic E-state index is 13.0. The Morgan fingerprint density at radius 2 is 2.00 bits per heavy atom. The van der Waals surface area contributed by atoms with Gasteiger partial charge in [-0.05, 0) is 60.4 Å². The molecule has 1 fully saturated rings. The molecule has 0 aliphatic heterocycles. The first-order valence-corrected chi connectivity index (χ1v) is 7.64. The Bertz CT molecular complexity index is 542. The summed E-state index contributed by atoms with van der Waals surface area (Å²) in [6.07, 6.45) is 2.55. The molecule has 1 aliphatic carbocycles. The summed E-state index contributed by atoms with van der Waals surface area (Å²) in [5, 5.41) is 5.78. The van der Waals surface area contributed by atoms with Crippen LogP contribution in [0.15, 0.2) is 35.7 Å². The smallest absolute Gasteiger partial charge is 0.123 e. The monoisotopic (exact) mass is 275 g/mol. The second-order valence-electron chi connectivity index (χ2n) is 5.27. The molecule has 0 saturated heterocycles. The zero-order chi connectivity index (χ0) is 13.2. The van der Waals surface area contributed by atoms with Crippen molar-refractivity contribution in [1.82, 2.24) is 5.32 Å². The van der Waals surface area contributed by atoms with Crippen LogP contribution in [0, 0.1) is 18.7 Å². The van der Waals surface area contributed by atoms with Gasteiger partial charge in [0.2, 0.25) is 0 Å². The largest absolute Gasteiger partial charge is 0.305 e. The minimum absolute atomic E-state index is 0.160. The van der Waals surface area contributed by atoms with Crippen molar-refractivity contribution in [3.63, 3.8) is 0 Å². The summed E-state index contributed by atoms with van der Waals surface area (Å²) in [5.41, 5.74) is 2.56. The van der Waals surface area contributed by atoms with E-state index in [0.717, 1.165) is 6.54 Å². The summed E-state index contributed by atoms with van der Waals surface area (Å²) < 4.78 is 13.0. The van der Waals surface area contributed by atoms with Gasteiger partial charge in [-0.15, -0.1) is 11.3 Å². The minimum atomic E-state index is -0.160. The predicted octanol–water partition coefficient (Wildman–Crippen LogP) is 4.44. The molecule has 1 unspecified atom stereocenters. The van der Waals surface area contributed by atoms with Crippen molar-refractivity contribution in [2.75, 3.05) is 0 Å². The molecule has 1 N–H and O–H groups in total. The van der Waals surface area contributed by atoms with Crippen LogP contribution >= 0.6 is 11.3 Å². The van der Waals surface area contributed by atoms with Crippen molar-refractivity contribution in [3.05, 3.63) is 57.5 Å². The highest BCUT2D eigenvalue weighted by Crippen LogP contribution is 2.41. The van der Waals surface area contributed by atoms with Crippen LogP contribution in [0.4, 0.5) is 4.39 Å². The molecule has 3 heteroatoms. The minimum Gasteiger partial charge on any atom is -0.305 e. The molecule has 1 saturated carbocycles. The first-order valence-electron chi connectivity index (χ1n) is 6.76. The molecule has 2 aromatic rings. The van der Waals surface area contributed by atoms with Crippen LogP contribution in [0.5, 0.6) is 0 Å². The van der Waals surface area contributed by atoms with E-state index < -0.39 is 0 Å². The molecule has 1 heterocycles. The molecule has 19 heavy (non-hydrogen) atoms. The van der Waals surface area contributed by atoms with Crippen molar-refractivity contribution in [3.8, 4) is 0 Å². The highest BCUT2D eigenvalue weighted by atomic mass is 32.1. The number of hydrogen-bond acceptors (Lipinski definition) is 2. The topological polar surface area (TPSA) is 12.0 Å². The highest BCUT2D eigenvalue weighted by molar-refractivity contribution is 7.10. The molecule has 1 aliphatic rings. The predicted molar refractivity (Wildman–Crippen MR) is 77.8 cm³/mol. The number of rotatable bonds is 5. The molecule has 1 nitrogen and oxygen atoms in total. The van der Waals surface area contributed by atoms with Crippen LogP contribution in [-0.2, 0) is 6.54 Å². The SMILES string of the molecule is Cc1ccsc1CNC(c1ccc(F)cc1)C1CC1. The normalized spacial score (nSPS) is 16.5. The van der Waals surface area contributed by atoms with Crippen LogP contribution in [0.2, 0.25) is 0 Å². The zero-order valence-corrected chi connectivity index (χ0v) is 11.8. The molecule has 100 valence electrons. The van der Waals surface area contributed by atoms with Gasteiger partial charge >= 0.3 is 0 Å². The summed E-state index contributed by atoms with van der Waals surface area (Å²) in [4.78, 5) is 1.40. The van der Waals surface area contributed by atoms with Crippen LogP contribution < -0.4 is 5.32 Å². The van der Waals surface area contributed by atoms with Crippen LogP contribution in [0.1, 0.15) is 34.9 Å². The lowest BCUT2D eigenvalue weighted by Crippen LogP contribution is -2.22. The van der Waals surface area contributed by atoms with Gasteiger partial charge < -0.3 is 5.32 Å². The molecule has 0 bridgehead atoms. The van der Waals surface area contributed by atoms with Crippen LogP contribution in [0.25, 0.3) is 0 Å².